The number of methoxy groups -OCH3 is 1. The van der Waals surface area contributed by atoms with Gasteiger partial charge in [-0.05, 0) is 36.2 Å². The van der Waals surface area contributed by atoms with Crippen molar-refractivity contribution < 1.29 is 22.7 Å². The molecule has 144 valence electrons. The Kier molecular flexibility index (Phi) is 5.41. The predicted octanol–water partition coefficient (Wildman–Crippen LogP) is 2.84. The Hall–Kier alpha value is -2.54. The minimum Gasteiger partial charge on any atom is -0.493 e. The van der Waals surface area contributed by atoms with E-state index in [2.05, 4.69) is 0 Å². The molecule has 1 amide bonds. The van der Waals surface area contributed by atoms with E-state index in [1.807, 2.05) is 25.1 Å². The average molecular weight is 389 g/mol. The number of amides is 1. The zero-order valence-corrected chi connectivity index (χ0v) is 16.5. The molecule has 0 saturated carbocycles. The molecule has 2 aromatic rings. The molecule has 27 heavy (non-hydrogen) atoms. The van der Waals surface area contributed by atoms with Gasteiger partial charge < -0.3 is 14.4 Å². The Morgan fingerprint density at radius 1 is 1.15 bits per heavy atom. The molecule has 1 heterocycles. The smallest absolute Gasteiger partial charge is 0.254 e. The van der Waals surface area contributed by atoms with Gasteiger partial charge in [0.15, 0.2) is 21.3 Å². The Labute approximate surface area is 159 Å². The number of rotatable bonds is 7. The van der Waals surface area contributed by atoms with Crippen molar-refractivity contribution in [1.82, 2.24) is 4.90 Å². The van der Waals surface area contributed by atoms with Crippen LogP contribution in [0.1, 0.15) is 33.7 Å². The minimum absolute atomic E-state index is 0.0875. The van der Waals surface area contributed by atoms with Crippen molar-refractivity contribution in [2.45, 2.75) is 18.7 Å². The topological polar surface area (TPSA) is 72.9 Å². The number of carbonyl (C=O) groups excluding carboxylic acids is 1. The van der Waals surface area contributed by atoms with Gasteiger partial charge in [-0.1, -0.05) is 24.3 Å². The Morgan fingerprint density at radius 3 is 2.52 bits per heavy atom. The molecule has 0 aliphatic carbocycles. The normalized spacial score (nSPS) is 14.8. The average Bonchev–Trinajstić information content (AvgIpc) is 2.95. The van der Waals surface area contributed by atoms with Crippen molar-refractivity contribution in [1.29, 1.82) is 0 Å². The first kappa shape index (κ1) is 19.2. The SMILES string of the molecule is CCOc1cc([C@@H](CN2Cc3ccccc3C2=O)S(C)(=O)=O)ccc1OC. The van der Waals surface area contributed by atoms with Gasteiger partial charge in [-0.2, -0.15) is 0 Å². The summed E-state index contributed by atoms with van der Waals surface area (Å²) in [6, 6.07) is 12.4. The van der Waals surface area contributed by atoms with Gasteiger partial charge in [0.2, 0.25) is 0 Å². The zero-order valence-electron chi connectivity index (χ0n) is 15.6. The first-order chi connectivity index (χ1) is 12.8. The lowest BCUT2D eigenvalue weighted by Gasteiger charge is -2.23. The summed E-state index contributed by atoms with van der Waals surface area (Å²) in [5, 5.41) is -0.846. The third-order valence-corrected chi connectivity index (χ3v) is 6.11. The van der Waals surface area contributed by atoms with Crippen LogP contribution in [0.25, 0.3) is 0 Å². The summed E-state index contributed by atoms with van der Waals surface area (Å²) in [4.78, 5) is 14.2. The van der Waals surface area contributed by atoms with E-state index in [1.54, 1.807) is 29.2 Å². The van der Waals surface area contributed by atoms with Crippen LogP contribution < -0.4 is 9.47 Å². The Bertz CT molecular complexity index is 955. The van der Waals surface area contributed by atoms with E-state index in [0.29, 0.717) is 35.8 Å². The van der Waals surface area contributed by atoms with Crippen molar-refractivity contribution in [2.24, 2.45) is 0 Å². The summed E-state index contributed by atoms with van der Waals surface area (Å²) >= 11 is 0. The minimum atomic E-state index is -3.46. The molecular formula is C20H23NO5S. The van der Waals surface area contributed by atoms with Gasteiger partial charge in [0.1, 0.15) is 5.25 Å². The van der Waals surface area contributed by atoms with Crippen LogP contribution in [0.3, 0.4) is 0 Å². The molecule has 7 heteroatoms. The second kappa shape index (κ2) is 7.60. The van der Waals surface area contributed by atoms with Crippen LogP contribution in [0.5, 0.6) is 11.5 Å². The highest BCUT2D eigenvalue weighted by atomic mass is 32.2. The second-order valence-electron chi connectivity index (χ2n) is 6.50. The third kappa shape index (κ3) is 3.93. The molecule has 3 rings (SSSR count). The van der Waals surface area contributed by atoms with E-state index in [-0.39, 0.29) is 12.5 Å². The van der Waals surface area contributed by atoms with Crippen LogP contribution in [-0.2, 0) is 16.4 Å². The fourth-order valence-corrected chi connectivity index (χ4v) is 4.40. The summed E-state index contributed by atoms with van der Waals surface area (Å²) in [5.41, 5.74) is 2.12. The first-order valence-electron chi connectivity index (χ1n) is 8.72. The van der Waals surface area contributed by atoms with Crippen molar-refractivity contribution in [3.8, 4) is 11.5 Å². The highest BCUT2D eigenvalue weighted by molar-refractivity contribution is 7.91. The Morgan fingerprint density at radius 2 is 1.89 bits per heavy atom. The molecule has 2 aromatic carbocycles. The quantitative estimate of drug-likeness (QED) is 0.728. The highest BCUT2D eigenvalue weighted by Crippen LogP contribution is 2.34. The van der Waals surface area contributed by atoms with E-state index in [1.165, 1.54) is 13.4 Å². The van der Waals surface area contributed by atoms with Crippen LogP contribution >= 0.6 is 0 Å². The van der Waals surface area contributed by atoms with Crippen molar-refractivity contribution in [2.75, 3.05) is 26.5 Å². The molecule has 0 N–H and O–H groups in total. The number of ether oxygens (including phenoxy) is 2. The predicted molar refractivity (Wildman–Crippen MR) is 103 cm³/mol. The first-order valence-corrected chi connectivity index (χ1v) is 10.7. The number of nitrogens with zero attached hydrogens (tertiary/aromatic N) is 1. The molecule has 0 aromatic heterocycles. The molecule has 1 aliphatic rings. The second-order valence-corrected chi connectivity index (χ2v) is 8.73. The van der Waals surface area contributed by atoms with E-state index >= 15 is 0 Å². The number of carbonyl (C=O) groups is 1. The molecule has 0 bridgehead atoms. The summed E-state index contributed by atoms with van der Waals surface area (Å²) in [5.74, 6) is 0.887. The van der Waals surface area contributed by atoms with Crippen LogP contribution in [0.2, 0.25) is 0 Å². The third-order valence-electron chi connectivity index (χ3n) is 4.66. The van der Waals surface area contributed by atoms with Crippen LogP contribution in [-0.4, -0.2) is 45.7 Å². The summed E-state index contributed by atoms with van der Waals surface area (Å²) in [6.45, 7) is 2.78. The molecular weight excluding hydrogens is 366 g/mol. The van der Waals surface area contributed by atoms with Gasteiger partial charge in [-0.3, -0.25) is 4.79 Å². The van der Waals surface area contributed by atoms with Gasteiger partial charge in [-0.15, -0.1) is 0 Å². The maximum absolute atomic E-state index is 12.6. The maximum Gasteiger partial charge on any atom is 0.254 e. The van der Waals surface area contributed by atoms with E-state index < -0.39 is 15.1 Å². The van der Waals surface area contributed by atoms with Crippen molar-refractivity contribution in [3.05, 3.63) is 59.2 Å². The summed E-state index contributed by atoms with van der Waals surface area (Å²) in [6.07, 6.45) is 1.19. The fraction of sp³-hybridized carbons (Fsp3) is 0.350. The molecule has 0 unspecified atom stereocenters. The number of hydrogen-bond acceptors (Lipinski definition) is 5. The molecule has 0 spiro atoms. The summed E-state index contributed by atoms with van der Waals surface area (Å²) < 4.78 is 35.9. The molecule has 1 atom stereocenters. The largest absolute Gasteiger partial charge is 0.493 e. The number of sulfone groups is 1. The van der Waals surface area contributed by atoms with E-state index in [9.17, 15) is 13.2 Å². The van der Waals surface area contributed by atoms with E-state index in [4.69, 9.17) is 9.47 Å². The monoisotopic (exact) mass is 389 g/mol. The lowest BCUT2D eigenvalue weighted by molar-refractivity contribution is 0.0778. The van der Waals surface area contributed by atoms with Gasteiger partial charge in [-0.25, -0.2) is 8.42 Å². The molecule has 0 saturated heterocycles. The maximum atomic E-state index is 12.6. The van der Waals surface area contributed by atoms with Gasteiger partial charge in [0.05, 0.1) is 13.7 Å². The molecule has 6 nitrogen and oxygen atoms in total. The zero-order chi connectivity index (χ0) is 19.6. The molecule has 0 radical (unpaired) electrons. The van der Waals surface area contributed by atoms with Crippen molar-refractivity contribution >= 4 is 15.7 Å². The van der Waals surface area contributed by atoms with Crippen LogP contribution in [0.15, 0.2) is 42.5 Å². The number of fused-ring (bicyclic) bond motifs is 1. The number of hydrogen-bond donors (Lipinski definition) is 0. The Balaban J connectivity index is 1.93. The lowest BCUT2D eigenvalue weighted by Crippen LogP contribution is -2.32. The molecule has 0 fully saturated rings. The van der Waals surface area contributed by atoms with Gasteiger partial charge in [0.25, 0.3) is 5.91 Å². The van der Waals surface area contributed by atoms with Gasteiger partial charge >= 0.3 is 0 Å². The molecule has 1 aliphatic heterocycles. The fourth-order valence-electron chi connectivity index (χ4n) is 3.31. The number of benzene rings is 2. The van der Waals surface area contributed by atoms with Crippen molar-refractivity contribution in [3.63, 3.8) is 0 Å². The standard InChI is InChI=1S/C20H23NO5S/c1-4-26-18-11-14(9-10-17(18)25-2)19(27(3,23)24)13-21-12-15-7-5-6-8-16(15)20(21)22/h5-11,19H,4,12-13H2,1-3H3/t19-/m1/s1. The summed E-state index contributed by atoms with van der Waals surface area (Å²) in [7, 11) is -1.92. The van der Waals surface area contributed by atoms with E-state index in [0.717, 1.165) is 5.56 Å². The van der Waals surface area contributed by atoms with Gasteiger partial charge in [0, 0.05) is 24.9 Å². The van der Waals surface area contributed by atoms with Crippen LogP contribution in [0.4, 0.5) is 0 Å². The lowest BCUT2D eigenvalue weighted by atomic mass is 10.1. The highest BCUT2D eigenvalue weighted by Gasteiger charge is 2.33. The van der Waals surface area contributed by atoms with Crippen LogP contribution in [0, 0.1) is 0 Å².